The van der Waals surface area contributed by atoms with Crippen molar-refractivity contribution < 1.29 is 14.3 Å². The van der Waals surface area contributed by atoms with Gasteiger partial charge < -0.3 is 4.74 Å². The van der Waals surface area contributed by atoms with Crippen LogP contribution in [0.3, 0.4) is 0 Å². The lowest BCUT2D eigenvalue weighted by Crippen LogP contribution is -2.51. The van der Waals surface area contributed by atoms with Gasteiger partial charge in [0.2, 0.25) is 9.37 Å². The van der Waals surface area contributed by atoms with Gasteiger partial charge in [-0.3, -0.25) is 9.69 Å². The molecule has 0 saturated carbocycles. The molecular formula is C27H22BrN3O3S2. The molecule has 2 aliphatic heterocycles. The van der Waals surface area contributed by atoms with Crippen LogP contribution >= 0.6 is 39.5 Å². The van der Waals surface area contributed by atoms with Crippen LogP contribution < -0.4 is 9.91 Å². The minimum absolute atomic E-state index is 0.168. The molecule has 1 unspecified atom stereocenters. The Labute approximate surface area is 226 Å². The quantitative estimate of drug-likeness (QED) is 0.250. The average Bonchev–Trinajstić information content (AvgIpc) is 3.39. The number of ether oxygens (including phenoxy) is 1. The van der Waals surface area contributed by atoms with E-state index in [2.05, 4.69) is 15.9 Å². The number of carbonyl (C=O) groups excluding carboxylic acids is 2. The van der Waals surface area contributed by atoms with Crippen LogP contribution in [-0.2, 0) is 14.3 Å². The lowest BCUT2D eigenvalue weighted by molar-refractivity contribution is -0.134. The number of benzene rings is 3. The SMILES string of the molecule is CCOC(=O)C1=NN(c2ccc(C)cc2)C2(SC(=Cc3ccc(Br)cc3)C(=O)N2c2ccccc2)S1. The van der Waals surface area contributed by atoms with Gasteiger partial charge in [0.05, 0.1) is 17.2 Å². The highest BCUT2D eigenvalue weighted by molar-refractivity contribution is 9.10. The molecule has 0 N–H and O–H groups in total. The van der Waals surface area contributed by atoms with Gasteiger partial charge in [-0.2, -0.15) is 5.10 Å². The first kappa shape index (κ1) is 24.7. The molecule has 1 saturated heterocycles. The van der Waals surface area contributed by atoms with Gasteiger partial charge in [0.1, 0.15) is 0 Å². The maximum atomic E-state index is 14.0. The Balaban J connectivity index is 1.66. The van der Waals surface area contributed by atoms with Crippen LogP contribution in [0.4, 0.5) is 11.4 Å². The molecule has 9 heteroatoms. The molecular weight excluding hydrogens is 558 g/mol. The Morgan fingerprint density at radius 2 is 1.69 bits per heavy atom. The first-order valence-corrected chi connectivity index (χ1v) is 13.7. The van der Waals surface area contributed by atoms with Crippen molar-refractivity contribution in [3.63, 3.8) is 0 Å². The Morgan fingerprint density at radius 1 is 1.00 bits per heavy atom. The molecule has 36 heavy (non-hydrogen) atoms. The first-order valence-electron chi connectivity index (χ1n) is 11.3. The predicted octanol–water partition coefficient (Wildman–Crippen LogP) is 6.62. The number of amides is 1. The molecule has 1 fully saturated rings. The molecule has 0 aliphatic carbocycles. The lowest BCUT2D eigenvalue weighted by atomic mass is 10.2. The zero-order valence-electron chi connectivity index (χ0n) is 19.6. The van der Waals surface area contributed by atoms with Crippen LogP contribution in [0.2, 0.25) is 0 Å². The summed E-state index contributed by atoms with van der Waals surface area (Å²) in [4.78, 5) is 29.1. The molecule has 3 aromatic carbocycles. The molecule has 0 radical (unpaired) electrons. The molecule has 0 aromatic heterocycles. The third kappa shape index (κ3) is 4.58. The average molecular weight is 581 g/mol. The second-order valence-corrected chi connectivity index (χ2v) is 11.6. The first-order chi connectivity index (χ1) is 17.4. The fourth-order valence-corrected chi connectivity index (χ4v) is 7.00. The molecule has 6 nitrogen and oxygen atoms in total. The second kappa shape index (κ2) is 10.2. The Hall–Kier alpha value is -3.01. The van der Waals surface area contributed by atoms with Crippen LogP contribution in [0.5, 0.6) is 0 Å². The van der Waals surface area contributed by atoms with Gasteiger partial charge in [-0.1, -0.05) is 75.7 Å². The van der Waals surface area contributed by atoms with Crippen molar-refractivity contribution in [2.75, 3.05) is 16.5 Å². The van der Waals surface area contributed by atoms with Gasteiger partial charge in [-0.15, -0.1) is 0 Å². The minimum Gasteiger partial charge on any atom is -0.461 e. The fourth-order valence-electron chi connectivity index (χ4n) is 3.86. The number of anilines is 2. The molecule has 1 atom stereocenters. The smallest absolute Gasteiger partial charge is 0.365 e. The summed E-state index contributed by atoms with van der Waals surface area (Å²) in [7, 11) is 0. The number of hydrogen-bond donors (Lipinski definition) is 0. The van der Waals surface area contributed by atoms with Crippen molar-refractivity contribution in [3.8, 4) is 0 Å². The summed E-state index contributed by atoms with van der Waals surface area (Å²) in [5.74, 6) is -0.679. The van der Waals surface area contributed by atoms with Crippen molar-refractivity contribution in [1.82, 2.24) is 0 Å². The van der Waals surface area contributed by atoms with E-state index in [9.17, 15) is 9.59 Å². The summed E-state index contributed by atoms with van der Waals surface area (Å²) in [6, 6.07) is 25.1. The monoisotopic (exact) mass is 579 g/mol. The van der Waals surface area contributed by atoms with Gasteiger partial charge in [0.15, 0.2) is 0 Å². The highest BCUT2D eigenvalue weighted by atomic mass is 79.9. The van der Waals surface area contributed by atoms with E-state index in [1.165, 1.54) is 23.5 Å². The number of rotatable bonds is 5. The molecule has 182 valence electrons. The molecule has 1 spiro atoms. The lowest BCUT2D eigenvalue weighted by Gasteiger charge is -2.38. The van der Waals surface area contributed by atoms with E-state index >= 15 is 0 Å². The van der Waals surface area contributed by atoms with E-state index in [1.807, 2.05) is 91.9 Å². The van der Waals surface area contributed by atoms with Crippen molar-refractivity contribution in [2.45, 2.75) is 18.2 Å². The van der Waals surface area contributed by atoms with Gasteiger partial charge in [0, 0.05) is 10.2 Å². The van der Waals surface area contributed by atoms with E-state index in [0.717, 1.165) is 21.3 Å². The van der Waals surface area contributed by atoms with Crippen LogP contribution in [-0.4, -0.2) is 27.9 Å². The predicted molar refractivity (Wildman–Crippen MR) is 152 cm³/mol. The number of esters is 1. The van der Waals surface area contributed by atoms with E-state index in [4.69, 9.17) is 9.84 Å². The number of para-hydroxylation sites is 1. The zero-order valence-corrected chi connectivity index (χ0v) is 22.8. The standard InChI is InChI=1S/C27H22BrN3O3S2/c1-3-34-26(33)24-29-31(22-15-9-18(2)10-16-22)27(36-24)30(21-7-5-4-6-8-21)25(32)23(35-27)17-19-11-13-20(28)14-12-19/h4-17H,3H2,1-2H3. The maximum absolute atomic E-state index is 14.0. The summed E-state index contributed by atoms with van der Waals surface area (Å²) in [6.45, 7) is 4.00. The molecule has 1 amide bonds. The maximum Gasteiger partial charge on any atom is 0.365 e. The summed E-state index contributed by atoms with van der Waals surface area (Å²) in [5.41, 5.74) is 3.47. The van der Waals surface area contributed by atoms with Crippen molar-refractivity contribution >= 4 is 73.8 Å². The summed E-state index contributed by atoms with van der Waals surface area (Å²) in [5, 5.41) is 6.64. The number of nitrogens with zero attached hydrogens (tertiary/aromatic N) is 3. The third-order valence-electron chi connectivity index (χ3n) is 5.54. The van der Waals surface area contributed by atoms with Crippen LogP contribution in [0.15, 0.2) is 93.3 Å². The number of hydrogen-bond acceptors (Lipinski definition) is 7. The van der Waals surface area contributed by atoms with Crippen molar-refractivity contribution in [2.24, 2.45) is 5.10 Å². The van der Waals surface area contributed by atoms with Crippen molar-refractivity contribution in [3.05, 3.63) is 99.4 Å². The zero-order chi connectivity index (χ0) is 25.3. The van der Waals surface area contributed by atoms with Crippen molar-refractivity contribution in [1.29, 1.82) is 0 Å². The van der Waals surface area contributed by atoms with Gasteiger partial charge >= 0.3 is 5.97 Å². The minimum atomic E-state index is -1.09. The Morgan fingerprint density at radius 3 is 2.36 bits per heavy atom. The van der Waals surface area contributed by atoms with Crippen LogP contribution in [0.1, 0.15) is 18.1 Å². The molecule has 3 aromatic rings. The highest BCUT2D eigenvalue weighted by Crippen LogP contribution is 2.59. The van der Waals surface area contributed by atoms with Crippen LogP contribution in [0, 0.1) is 6.92 Å². The molecule has 2 heterocycles. The number of carbonyl (C=O) groups is 2. The Kier molecular flexibility index (Phi) is 6.96. The number of thioether (sulfide) groups is 2. The number of aryl methyl sites for hydroxylation is 1. The van der Waals surface area contributed by atoms with E-state index in [0.29, 0.717) is 10.6 Å². The van der Waals surface area contributed by atoms with E-state index in [-0.39, 0.29) is 17.6 Å². The summed E-state index contributed by atoms with van der Waals surface area (Å²) < 4.78 is 5.16. The summed E-state index contributed by atoms with van der Waals surface area (Å²) in [6.07, 6.45) is 1.88. The van der Waals surface area contributed by atoms with Gasteiger partial charge in [-0.05, 0) is 73.6 Å². The third-order valence-corrected chi connectivity index (χ3v) is 8.76. The normalized spacial score (nSPS) is 20.4. The highest BCUT2D eigenvalue weighted by Gasteiger charge is 2.60. The number of hydrazone groups is 1. The second-order valence-electron chi connectivity index (χ2n) is 8.06. The fraction of sp³-hybridized carbons (Fsp3) is 0.148. The van der Waals surface area contributed by atoms with Gasteiger partial charge in [0.25, 0.3) is 5.91 Å². The Bertz CT molecular complexity index is 1360. The molecule has 2 aliphatic rings. The van der Waals surface area contributed by atoms with E-state index in [1.54, 1.807) is 16.8 Å². The summed E-state index contributed by atoms with van der Waals surface area (Å²) >= 11 is 6.05. The molecule has 0 bridgehead atoms. The topological polar surface area (TPSA) is 62.2 Å². The van der Waals surface area contributed by atoms with E-state index < -0.39 is 10.3 Å². The largest absolute Gasteiger partial charge is 0.461 e. The van der Waals surface area contributed by atoms with Crippen LogP contribution in [0.25, 0.3) is 6.08 Å². The number of halogens is 1. The molecule has 5 rings (SSSR count). The van der Waals surface area contributed by atoms with Gasteiger partial charge in [-0.25, -0.2) is 9.80 Å².